The van der Waals surface area contributed by atoms with Crippen molar-refractivity contribution in [1.29, 1.82) is 0 Å². The van der Waals surface area contributed by atoms with Gasteiger partial charge in [0.2, 0.25) is 0 Å². The monoisotopic (exact) mass is 264 g/mol. The zero-order valence-corrected chi connectivity index (χ0v) is 11.0. The standard InChI is InChI=1S/C15H14ClFO/c1-9(2)13-7-11(8-14(16)15(13)17)10-3-5-12(18)6-4-10/h3-9,18H,1-2H3. The van der Waals surface area contributed by atoms with Crippen molar-refractivity contribution in [2.45, 2.75) is 19.8 Å². The van der Waals surface area contributed by atoms with Gasteiger partial charge in [0.15, 0.2) is 0 Å². The van der Waals surface area contributed by atoms with Crippen molar-refractivity contribution >= 4 is 11.6 Å². The zero-order chi connectivity index (χ0) is 13.3. The molecule has 0 saturated carbocycles. The van der Waals surface area contributed by atoms with Crippen LogP contribution in [0.25, 0.3) is 11.1 Å². The Hall–Kier alpha value is -1.54. The zero-order valence-electron chi connectivity index (χ0n) is 10.2. The number of hydrogen-bond acceptors (Lipinski definition) is 1. The highest BCUT2D eigenvalue weighted by atomic mass is 35.5. The van der Waals surface area contributed by atoms with Crippen molar-refractivity contribution in [2.75, 3.05) is 0 Å². The van der Waals surface area contributed by atoms with E-state index in [0.717, 1.165) is 11.1 Å². The molecule has 1 nitrogen and oxygen atoms in total. The van der Waals surface area contributed by atoms with Crippen molar-refractivity contribution in [3.8, 4) is 16.9 Å². The molecule has 0 heterocycles. The highest BCUT2D eigenvalue weighted by Crippen LogP contribution is 2.31. The largest absolute Gasteiger partial charge is 0.508 e. The predicted octanol–water partition coefficient (Wildman–Crippen LogP) is 4.98. The van der Waals surface area contributed by atoms with Crippen LogP contribution in [0.2, 0.25) is 5.02 Å². The molecule has 0 atom stereocenters. The van der Waals surface area contributed by atoms with Gasteiger partial charge in [-0.05, 0) is 46.9 Å². The average Bonchev–Trinajstić information content (AvgIpc) is 2.33. The fourth-order valence-electron chi connectivity index (χ4n) is 1.85. The molecule has 3 heteroatoms. The Balaban J connectivity index is 2.55. The Morgan fingerprint density at radius 3 is 2.22 bits per heavy atom. The summed E-state index contributed by atoms with van der Waals surface area (Å²) in [6, 6.07) is 10.2. The molecular formula is C15H14ClFO. The molecule has 0 aliphatic rings. The van der Waals surface area contributed by atoms with E-state index in [1.807, 2.05) is 13.8 Å². The third kappa shape index (κ3) is 2.49. The molecule has 0 aliphatic carbocycles. The molecule has 0 radical (unpaired) electrons. The molecular weight excluding hydrogens is 251 g/mol. The molecule has 0 aliphatic heterocycles. The summed E-state index contributed by atoms with van der Waals surface area (Å²) in [6.07, 6.45) is 0. The van der Waals surface area contributed by atoms with Gasteiger partial charge in [-0.1, -0.05) is 37.6 Å². The highest BCUT2D eigenvalue weighted by molar-refractivity contribution is 6.31. The molecule has 18 heavy (non-hydrogen) atoms. The molecule has 2 rings (SSSR count). The van der Waals surface area contributed by atoms with Crippen LogP contribution in [0.15, 0.2) is 36.4 Å². The van der Waals surface area contributed by atoms with E-state index in [2.05, 4.69) is 0 Å². The minimum atomic E-state index is -0.353. The van der Waals surface area contributed by atoms with Crippen LogP contribution in [0.4, 0.5) is 4.39 Å². The van der Waals surface area contributed by atoms with Gasteiger partial charge in [0.05, 0.1) is 5.02 Å². The van der Waals surface area contributed by atoms with Gasteiger partial charge in [-0.15, -0.1) is 0 Å². The molecule has 0 spiro atoms. The molecule has 2 aromatic rings. The van der Waals surface area contributed by atoms with Crippen LogP contribution in [-0.4, -0.2) is 5.11 Å². The van der Waals surface area contributed by atoms with Gasteiger partial charge in [-0.3, -0.25) is 0 Å². The summed E-state index contributed by atoms with van der Waals surface area (Å²) >= 11 is 5.92. The number of benzene rings is 2. The first kappa shape index (κ1) is 12.9. The van der Waals surface area contributed by atoms with Gasteiger partial charge in [0.25, 0.3) is 0 Å². The first-order valence-electron chi connectivity index (χ1n) is 5.77. The van der Waals surface area contributed by atoms with Crippen molar-refractivity contribution in [3.63, 3.8) is 0 Å². The lowest BCUT2D eigenvalue weighted by atomic mass is 9.97. The maximum atomic E-state index is 13.8. The average molecular weight is 265 g/mol. The summed E-state index contributed by atoms with van der Waals surface area (Å²) in [7, 11) is 0. The number of rotatable bonds is 2. The van der Waals surface area contributed by atoms with Crippen LogP contribution in [0.5, 0.6) is 5.75 Å². The van der Waals surface area contributed by atoms with Gasteiger partial charge in [0, 0.05) is 0 Å². The third-order valence-electron chi connectivity index (χ3n) is 2.88. The fourth-order valence-corrected chi connectivity index (χ4v) is 2.08. The first-order chi connectivity index (χ1) is 8.49. The molecule has 94 valence electrons. The Morgan fingerprint density at radius 1 is 1.06 bits per heavy atom. The second-order valence-corrected chi connectivity index (χ2v) is 4.97. The van der Waals surface area contributed by atoms with Crippen LogP contribution in [0.3, 0.4) is 0 Å². The number of hydrogen-bond donors (Lipinski definition) is 1. The van der Waals surface area contributed by atoms with E-state index in [1.165, 1.54) is 0 Å². The number of phenolic OH excluding ortho intramolecular Hbond substituents is 1. The Kier molecular flexibility index (Phi) is 3.58. The van der Waals surface area contributed by atoms with Gasteiger partial charge in [-0.2, -0.15) is 0 Å². The van der Waals surface area contributed by atoms with Crippen molar-refractivity contribution < 1.29 is 9.50 Å². The molecule has 0 fully saturated rings. The van der Waals surface area contributed by atoms with Crippen LogP contribution >= 0.6 is 11.6 Å². The minimum Gasteiger partial charge on any atom is -0.508 e. The first-order valence-corrected chi connectivity index (χ1v) is 6.15. The molecule has 0 saturated heterocycles. The van der Waals surface area contributed by atoms with Gasteiger partial charge in [-0.25, -0.2) is 4.39 Å². The normalized spacial score (nSPS) is 10.9. The summed E-state index contributed by atoms with van der Waals surface area (Å²) in [4.78, 5) is 0. The molecule has 0 amide bonds. The summed E-state index contributed by atoms with van der Waals surface area (Å²) in [5, 5.41) is 9.39. The predicted molar refractivity (Wildman–Crippen MR) is 72.6 cm³/mol. The van der Waals surface area contributed by atoms with E-state index in [4.69, 9.17) is 11.6 Å². The lowest BCUT2D eigenvalue weighted by molar-refractivity contribution is 0.475. The van der Waals surface area contributed by atoms with Crippen molar-refractivity contribution in [2.24, 2.45) is 0 Å². The number of halogens is 2. The van der Waals surface area contributed by atoms with Crippen LogP contribution in [0.1, 0.15) is 25.3 Å². The second-order valence-electron chi connectivity index (χ2n) is 4.56. The smallest absolute Gasteiger partial charge is 0.145 e. The van der Waals surface area contributed by atoms with E-state index < -0.39 is 0 Å². The topological polar surface area (TPSA) is 20.2 Å². The number of phenols is 1. The Morgan fingerprint density at radius 2 is 1.67 bits per heavy atom. The van der Waals surface area contributed by atoms with Crippen LogP contribution < -0.4 is 0 Å². The Bertz CT molecular complexity index is 561. The summed E-state index contributed by atoms with van der Waals surface area (Å²) < 4.78 is 13.8. The molecule has 0 bridgehead atoms. The maximum Gasteiger partial charge on any atom is 0.145 e. The SMILES string of the molecule is CC(C)c1cc(-c2ccc(O)cc2)cc(Cl)c1F. The maximum absolute atomic E-state index is 13.8. The van der Waals surface area contributed by atoms with E-state index >= 15 is 0 Å². The molecule has 0 aromatic heterocycles. The van der Waals surface area contributed by atoms with Gasteiger partial charge < -0.3 is 5.11 Å². The summed E-state index contributed by atoms with van der Waals surface area (Å²) in [6.45, 7) is 3.85. The lowest BCUT2D eigenvalue weighted by Gasteiger charge is -2.11. The molecule has 1 N–H and O–H groups in total. The van der Waals surface area contributed by atoms with Crippen LogP contribution in [0, 0.1) is 5.82 Å². The van der Waals surface area contributed by atoms with Crippen molar-refractivity contribution in [3.05, 3.63) is 52.8 Å². The van der Waals surface area contributed by atoms with E-state index in [0.29, 0.717) is 5.56 Å². The number of aromatic hydroxyl groups is 1. The van der Waals surface area contributed by atoms with E-state index in [-0.39, 0.29) is 22.5 Å². The molecule has 0 unspecified atom stereocenters. The summed E-state index contributed by atoms with van der Waals surface area (Å²) in [5.74, 6) is -0.0789. The van der Waals surface area contributed by atoms with Crippen LogP contribution in [-0.2, 0) is 0 Å². The van der Waals surface area contributed by atoms with Gasteiger partial charge in [0.1, 0.15) is 11.6 Å². The quantitative estimate of drug-likeness (QED) is 0.811. The molecule has 2 aromatic carbocycles. The van der Waals surface area contributed by atoms with E-state index in [1.54, 1.807) is 36.4 Å². The van der Waals surface area contributed by atoms with Gasteiger partial charge >= 0.3 is 0 Å². The second kappa shape index (κ2) is 4.99. The Labute approximate surface area is 111 Å². The van der Waals surface area contributed by atoms with E-state index in [9.17, 15) is 9.50 Å². The van der Waals surface area contributed by atoms with Crippen molar-refractivity contribution in [1.82, 2.24) is 0 Å². The third-order valence-corrected chi connectivity index (χ3v) is 3.15. The summed E-state index contributed by atoms with van der Waals surface area (Å²) in [5.41, 5.74) is 2.35. The minimum absolute atomic E-state index is 0.0690. The lowest BCUT2D eigenvalue weighted by Crippen LogP contribution is -1.95. The fraction of sp³-hybridized carbons (Fsp3) is 0.200. The highest BCUT2D eigenvalue weighted by Gasteiger charge is 2.13.